The van der Waals surface area contributed by atoms with Crippen LogP contribution in [0, 0.1) is 0 Å². The standard InChI is InChI=1S/C15H33N3/c1-4-6-7-11-17(3)15(14-16)9-8-12-18(5-2)13-10-15/h4-14,16H2,1-3H3. The van der Waals surface area contributed by atoms with Crippen molar-refractivity contribution in [1.29, 1.82) is 0 Å². The highest BCUT2D eigenvalue weighted by molar-refractivity contribution is 4.93. The second kappa shape index (κ2) is 8.13. The van der Waals surface area contributed by atoms with Gasteiger partial charge >= 0.3 is 0 Å². The molecule has 0 aromatic rings. The van der Waals surface area contributed by atoms with Gasteiger partial charge in [0.05, 0.1) is 0 Å². The Morgan fingerprint density at radius 2 is 1.94 bits per heavy atom. The van der Waals surface area contributed by atoms with Crippen molar-refractivity contribution >= 4 is 0 Å². The third-order valence-electron chi connectivity index (χ3n) is 4.74. The summed E-state index contributed by atoms with van der Waals surface area (Å²) in [4.78, 5) is 5.12. The molecule has 2 N–H and O–H groups in total. The zero-order valence-corrected chi connectivity index (χ0v) is 12.7. The largest absolute Gasteiger partial charge is 0.329 e. The van der Waals surface area contributed by atoms with Crippen LogP contribution in [-0.4, -0.2) is 55.1 Å². The summed E-state index contributed by atoms with van der Waals surface area (Å²) < 4.78 is 0. The van der Waals surface area contributed by atoms with E-state index in [-0.39, 0.29) is 5.54 Å². The lowest BCUT2D eigenvalue weighted by Gasteiger charge is -2.41. The Balaban J connectivity index is 2.54. The molecule has 0 aromatic carbocycles. The van der Waals surface area contributed by atoms with Gasteiger partial charge in [-0.2, -0.15) is 0 Å². The highest BCUT2D eigenvalue weighted by Crippen LogP contribution is 2.27. The van der Waals surface area contributed by atoms with E-state index < -0.39 is 0 Å². The summed E-state index contributed by atoms with van der Waals surface area (Å²) in [6.07, 6.45) is 7.75. The molecule has 1 atom stereocenters. The molecule has 0 aliphatic carbocycles. The number of likely N-dealkylation sites (tertiary alicyclic amines) is 1. The quantitative estimate of drug-likeness (QED) is 0.709. The third kappa shape index (κ3) is 4.22. The number of nitrogens with two attached hydrogens (primary N) is 1. The van der Waals surface area contributed by atoms with Gasteiger partial charge in [0.25, 0.3) is 0 Å². The average Bonchev–Trinajstić information content (AvgIpc) is 2.61. The van der Waals surface area contributed by atoms with Crippen molar-refractivity contribution in [3.8, 4) is 0 Å². The topological polar surface area (TPSA) is 32.5 Å². The molecule has 1 aliphatic heterocycles. The van der Waals surface area contributed by atoms with Gasteiger partial charge in [-0.15, -0.1) is 0 Å². The summed E-state index contributed by atoms with van der Waals surface area (Å²) in [5.74, 6) is 0. The van der Waals surface area contributed by atoms with Crippen molar-refractivity contribution in [1.82, 2.24) is 9.80 Å². The molecule has 1 saturated heterocycles. The molecule has 3 nitrogen and oxygen atoms in total. The van der Waals surface area contributed by atoms with Crippen LogP contribution in [0.5, 0.6) is 0 Å². The van der Waals surface area contributed by atoms with Gasteiger partial charge in [-0.25, -0.2) is 0 Å². The van der Waals surface area contributed by atoms with Gasteiger partial charge in [-0.3, -0.25) is 4.90 Å². The highest BCUT2D eigenvalue weighted by atomic mass is 15.2. The third-order valence-corrected chi connectivity index (χ3v) is 4.74. The van der Waals surface area contributed by atoms with Gasteiger partial charge in [0.1, 0.15) is 0 Å². The molecule has 0 bridgehead atoms. The summed E-state index contributed by atoms with van der Waals surface area (Å²) >= 11 is 0. The minimum atomic E-state index is 0.262. The van der Waals surface area contributed by atoms with Crippen molar-refractivity contribution in [2.24, 2.45) is 5.73 Å². The molecule has 0 aromatic heterocycles. The van der Waals surface area contributed by atoms with E-state index in [0.717, 1.165) is 6.54 Å². The van der Waals surface area contributed by atoms with Crippen LogP contribution in [-0.2, 0) is 0 Å². The number of rotatable bonds is 7. The van der Waals surface area contributed by atoms with Gasteiger partial charge in [-0.05, 0) is 58.9 Å². The van der Waals surface area contributed by atoms with Crippen LogP contribution in [0.1, 0.15) is 52.4 Å². The van der Waals surface area contributed by atoms with Crippen molar-refractivity contribution in [2.75, 3.05) is 39.8 Å². The van der Waals surface area contributed by atoms with Crippen LogP contribution in [0.2, 0.25) is 0 Å². The Morgan fingerprint density at radius 3 is 2.56 bits per heavy atom. The van der Waals surface area contributed by atoms with Crippen LogP contribution in [0.15, 0.2) is 0 Å². The van der Waals surface area contributed by atoms with E-state index in [1.165, 1.54) is 64.7 Å². The summed E-state index contributed by atoms with van der Waals surface area (Å²) in [6, 6.07) is 0. The lowest BCUT2D eigenvalue weighted by Crippen LogP contribution is -2.52. The Hall–Kier alpha value is -0.120. The first-order valence-electron chi connectivity index (χ1n) is 7.82. The first kappa shape index (κ1) is 15.9. The molecule has 3 heteroatoms. The molecule has 0 spiro atoms. The monoisotopic (exact) mass is 255 g/mol. The number of hydrogen-bond donors (Lipinski definition) is 1. The van der Waals surface area contributed by atoms with Crippen LogP contribution < -0.4 is 5.73 Å². The van der Waals surface area contributed by atoms with Crippen LogP contribution in [0.25, 0.3) is 0 Å². The zero-order chi connectivity index (χ0) is 13.4. The van der Waals surface area contributed by atoms with Crippen LogP contribution in [0.3, 0.4) is 0 Å². The minimum Gasteiger partial charge on any atom is -0.329 e. The first-order chi connectivity index (χ1) is 8.68. The number of unbranched alkanes of at least 4 members (excludes halogenated alkanes) is 2. The molecule has 18 heavy (non-hydrogen) atoms. The van der Waals surface area contributed by atoms with Crippen molar-refractivity contribution in [2.45, 2.75) is 57.9 Å². The fourth-order valence-corrected chi connectivity index (χ4v) is 3.13. The van der Waals surface area contributed by atoms with E-state index in [0.29, 0.717) is 0 Å². The van der Waals surface area contributed by atoms with Gasteiger partial charge in [-0.1, -0.05) is 26.7 Å². The van der Waals surface area contributed by atoms with E-state index >= 15 is 0 Å². The second-order valence-electron chi connectivity index (χ2n) is 5.84. The predicted octanol–water partition coefficient (Wildman–Crippen LogP) is 2.31. The molecular formula is C15H33N3. The molecule has 1 fully saturated rings. The van der Waals surface area contributed by atoms with E-state index in [1.807, 2.05) is 0 Å². The van der Waals surface area contributed by atoms with Gasteiger partial charge < -0.3 is 10.6 Å². The average molecular weight is 255 g/mol. The SMILES string of the molecule is CCCCCN(C)C1(CN)CCCN(CC)CC1. The molecule has 0 amide bonds. The number of hydrogen-bond acceptors (Lipinski definition) is 3. The maximum atomic E-state index is 6.14. The molecule has 1 rings (SSSR count). The molecular weight excluding hydrogens is 222 g/mol. The summed E-state index contributed by atoms with van der Waals surface area (Å²) in [7, 11) is 2.28. The summed E-state index contributed by atoms with van der Waals surface area (Å²) in [6.45, 7) is 10.2. The molecule has 1 aliphatic rings. The van der Waals surface area contributed by atoms with E-state index in [9.17, 15) is 0 Å². The first-order valence-corrected chi connectivity index (χ1v) is 7.82. The van der Waals surface area contributed by atoms with Crippen molar-refractivity contribution < 1.29 is 0 Å². The maximum Gasteiger partial charge on any atom is 0.0341 e. The fraction of sp³-hybridized carbons (Fsp3) is 1.00. The maximum absolute atomic E-state index is 6.14. The van der Waals surface area contributed by atoms with Gasteiger partial charge in [0.2, 0.25) is 0 Å². The Labute approximate surface area is 114 Å². The Morgan fingerprint density at radius 1 is 1.17 bits per heavy atom. The van der Waals surface area contributed by atoms with Gasteiger partial charge in [0.15, 0.2) is 0 Å². The van der Waals surface area contributed by atoms with E-state index in [1.54, 1.807) is 0 Å². The molecule has 0 radical (unpaired) electrons. The number of likely N-dealkylation sites (N-methyl/N-ethyl adjacent to an activating group) is 1. The Bertz CT molecular complexity index is 220. The number of nitrogens with zero attached hydrogens (tertiary/aromatic N) is 2. The normalized spacial score (nSPS) is 26.5. The smallest absolute Gasteiger partial charge is 0.0341 e. The molecule has 108 valence electrons. The summed E-state index contributed by atoms with van der Waals surface area (Å²) in [5.41, 5.74) is 6.40. The second-order valence-corrected chi connectivity index (χ2v) is 5.84. The predicted molar refractivity (Wildman–Crippen MR) is 79.9 cm³/mol. The van der Waals surface area contributed by atoms with Crippen LogP contribution >= 0.6 is 0 Å². The highest BCUT2D eigenvalue weighted by Gasteiger charge is 2.34. The van der Waals surface area contributed by atoms with E-state index in [4.69, 9.17) is 5.73 Å². The minimum absolute atomic E-state index is 0.262. The molecule has 1 heterocycles. The van der Waals surface area contributed by atoms with Crippen molar-refractivity contribution in [3.63, 3.8) is 0 Å². The lowest BCUT2D eigenvalue weighted by molar-refractivity contribution is 0.105. The Kier molecular flexibility index (Phi) is 7.20. The fourth-order valence-electron chi connectivity index (χ4n) is 3.13. The lowest BCUT2D eigenvalue weighted by atomic mass is 9.88. The van der Waals surface area contributed by atoms with E-state index in [2.05, 4.69) is 30.7 Å². The molecule has 1 unspecified atom stereocenters. The zero-order valence-electron chi connectivity index (χ0n) is 12.7. The molecule has 0 saturated carbocycles. The van der Waals surface area contributed by atoms with Gasteiger partial charge in [0, 0.05) is 12.1 Å². The van der Waals surface area contributed by atoms with Crippen molar-refractivity contribution in [3.05, 3.63) is 0 Å². The van der Waals surface area contributed by atoms with Crippen LogP contribution in [0.4, 0.5) is 0 Å². The summed E-state index contributed by atoms with van der Waals surface area (Å²) in [5, 5.41) is 0.